The van der Waals surface area contributed by atoms with Gasteiger partial charge in [0, 0.05) is 9.92 Å². The van der Waals surface area contributed by atoms with Gasteiger partial charge in [-0.1, -0.05) is 35.3 Å². The van der Waals surface area contributed by atoms with E-state index in [1.165, 1.54) is 34.8 Å². The van der Waals surface area contributed by atoms with Crippen LogP contribution < -0.4 is 10.9 Å². The largest absolute Gasteiger partial charge is 0.324 e. The molecular weight excluding hydrogens is 407 g/mol. The van der Waals surface area contributed by atoms with Crippen molar-refractivity contribution < 1.29 is 4.79 Å². The van der Waals surface area contributed by atoms with Gasteiger partial charge in [-0.3, -0.25) is 14.2 Å². The second-order valence-electron chi connectivity index (χ2n) is 5.45. The van der Waals surface area contributed by atoms with Crippen LogP contribution in [0, 0.1) is 11.3 Å². The van der Waals surface area contributed by atoms with Crippen molar-refractivity contribution in [1.82, 2.24) is 9.55 Å². The maximum atomic E-state index is 12.6. The fraction of sp³-hybridized carbons (Fsp3) is 0.111. The molecule has 27 heavy (non-hydrogen) atoms. The topological polar surface area (TPSA) is 87.8 Å². The number of aromatic nitrogens is 2. The molecule has 3 aromatic rings. The summed E-state index contributed by atoms with van der Waals surface area (Å²) in [5.41, 5.74) is 0.503. The van der Waals surface area contributed by atoms with Crippen molar-refractivity contribution in [2.75, 3.05) is 11.1 Å². The normalized spacial score (nSPS) is 10.6. The zero-order valence-electron chi connectivity index (χ0n) is 13.8. The van der Waals surface area contributed by atoms with Crippen LogP contribution in [-0.2, 0) is 11.3 Å². The molecule has 0 saturated heterocycles. The standard InChI is InChI=1S/C18H12Cl2N4O2S/c19-11-7-12-17(13(20)8-11)22-10-24(18(12)26)9-16(25)23-14-3-1-2-4-15(14)27-6-5-21/h1-4,7-8,10H,6,9H2,(H,23,25). The predicted molar refractivity (Wildman–Crippen MR) is 107 cm³/mol. The van der Waals surface area contributed by atoms with E-state index in [4.69, 9.17) is 28.5 Å². The van der Waals surface area contributed by atoms with E-state index in [1.807, 2.05) is 18.2 Å². The number of para-hydroxylation sites is 1. The number of nitrogens with one attached hydrogen (secondary N) is 1. The van der Waals surface area contributed by atoms with Crippen molar-refractivity contribution in [2.24, 2.45) is 0 Å². The van der Waals surface area contributed by atoms with Crippen molar-refractivity contribution in [2.45, 2.75) is 11.4 Å². The lowest BCUT2D eigenvalue weighted by atomic mass is 10.2. The third-order valence-corrected chi connectivity index (χ3v) is 5.06. The van der Waals surface area contributed by atoms with Crippen LogP contribution in [0.15, 0.2) is 52.4 Å². The second kappa shape index (κ2) is 8.44. The first-order chi connectivity index (χ1) is 13.0. The lowest BCUT2D eigenvalue weighted by molar-refractivity contribution is -0.116. The Balaban J connectivity index is 1.84. The van der Waals surface area contributed by atoms with E-state index in [-0.39, 0.29) is 22.7 Å². The monoisotopic (exact) mass is 418 g/mol. The van der Waals surface area contributed by atoms with Crippen LogP contribution in [0.1, 0.15) is 0 Å². The van der Waals surface area contributed by atoms with Crippen molar-refractivity contribution in [3.63, 3.8) is 0 Å². The zero-order chi connectivity index (χ0) is 19.4. The molecule has 1 heterocycles. The minimum absolute atomic E-state index is 0.219. The van der Waals surface area contributed by atoms with E-state index in [9.17, 15) is 9.59 Å². The molecule has 9 heteroatoms. The van der Waals surface area contributed by atoms with Crippen LogP contribution >= 0.6 is 35.0 Å². The van der Waals surface area contributed by atoms with Gasteiger partial charge in [-0.15, -0.1) is 11.8 Å². The van der Waals surface area contributed by atoms with Gasteiger partial charge in [0.25, 0.3) is 5.56 Å². The Bertz CT molecular complexity index is 1120. The van der Waals surface area contributed by atoms with Gasteiger partial charge in [0.15, 0.2) is 0 Å². The molecule has 0 bridgehead atoms. The molecule has 0 fully saturated rings. The van der Waals surface area contributed by atoms with E-state index in [0.717, 1.165) is 4.90 Å². The highest BCUT2D eigenvalue weighted by molar-refractivity contribution is 7.99. The lowest BCUT2D eigenvalue weighted by Gasteiger charge is -2.11. The number of rotatable bonds is 5. The summed E-state index contributed by atoms with van der Waals surface area (Å²) in [5, 5.41) is 12.3. The maximum absolute atomic E-state index is 12.6. The van der Waals surface area contributed by atoms with Gasteiger partial charge >= 0.3 is 0 Å². The molecule has 136 valence electrons. The molecule has 0 aliphatic rings. The molecule has 3 rings (SSSR count). The number of anilines is 1. The Morgan fingerprint density at radius 1 is 1.30 bits per heavy atom. The molecule has 0 aliphatic carbocycles. The first-order valence-corrected chi connectivity index (χ1v) is 9.46. The van der Waals surface area contributed by atoms with Gasteiger partial charge in [0.05, 0.1) is 39.8 Å². The fourth-order valence-electron chi connectivity index (χ4n) is 2.46. The number of amides is 1. The summed E-state index contributed by atoms with van der Waals surface area (Å²) in [7, 11) is 0. The molecule has 2 aromatic carbocycles. The maximum Gasteiger partial charge on any atom is 0.261 e. The zero-order valence-corrected chi connectivity index (χ0v) is 16.1. The van der Waals surface area contributed by atoms with Crippen molar-refractivity contribution >= 4 is 57.5 Å². The highest BCUT2D eigenvalue weighted by Crippen LogP contribution is 2.27. The van der Waals surface area contributed by atoms with Crippen molar-refractivity contribution in [3.8, 4) is 6.07 Å². The summed E-state index contributed by atoms with van der Waals surface area (Å²) in [4.78, 5) is 29.9. The number of benzene rings is 2. The molecule has 6 nitrogen and oxygen atoms in total. The summed E-state index contributed by atoms with van der Waals surface area (Å²) in [6.07, 6.45) is 1.28. The number of hydrogen-bond donors (Lipinski definition) is 1. The van der Waals surface area contributed by atoms with Gasteiger partial charge in [0.1, 0.15) is 6.54 Å². The highest BCUT2D eigenvalue weighted by Gasteiger charge is 2.12. The first kappa shape index (κ1) is 19.2. The van der Waals surface area contributed by atoms with Gasteiger partial charge < -0.3 is 5.32 Å². The molecule has 0 saturated carbocycles. The Morgan fingerprint density at radius 3 is 2.85 bits per heavy atom. The molecule has 1 amide bonds. The number of hydrogen-bond acceptors (Lipinski definition) is 5. The van der Waals surface area contributed by atoms with Crippen molar-refractivity contribution in [1.29, 1.82) is 5.26 Å². The van der Waals surface area contributed by atoms with Crippen LogP contribution in [0.2, 0.25) is 10.0 Å². The first-order valence-electron chi connectivity index (χ1n) is 7.72. The number of nitrogens with zero attached hydrogens (tertiary/aromatic N) is 3. The average Bonchev–Trinajstić information content (AvgIpc) is 2.63. The van der Waals surface area contributed by atoms with E-state index >= 15 is 0 Å². The second-order valence-corrected chi connectivity index (χ2v) is 7.31. The van der Waals surface area contributed by atoms with E-state index in [0.29, 0.717) is 16.2 Å². The van der Waals surface area contributed by atoms with Gasteiger partial charge in [-0.05, 0) is 24.3 Å². The predicted octanol–water partition coefficient (Wildman–Crippen LogP) is 3.96. The van der Waals surface area contributed by atoms with Gasteiger partial charge in [-0.2, -0.15) is 5.26 Å². The molecule has 0 spiro atoms. The Hall–Kier alpha value is -2.53. The summed E-state index contributed by atoms with van der Waals surface area (Å²) in [6, 6.07) is 12.2. The van der Waals surface area contributed by atoms with E-state index in [2.05, 4.69) is 10.3 Å². The lowest BCUT2D eigenvalue weighted by Crippen LogP contribution is -2.28. The number of carbonyl (C=O) groups excluding carboxylic acids is 1. The minimum Gasteiger partial charge on any atom is -0.324 e. The SMILES string of the molecule is N#CCSc1ccccc1NC(=O)Cn1cnc2c(Cl)cc(Cl)cc2c1=O. The van der Waals surface area contributed by atoms with Gasteiger partial charge in [-0.25, -0.2) is 4.98 Å². The van der Waals surface area contributed by atoms with E-state index < -0.39 is 11.5 Å². The smallest absolute Gasteiger partial charge is 0.261 e. The number of nitriles is 1. The van der Waals surface area contributed by atoms with E-state index in [1.54, 1.807) is 12.1 Å². The summed E-state index contributed by atoms with van der Waals surface area (Å²) < 4.78 is 1.19. The molecular formula is C18H12Cl2N4O2S. The van der Waals surface area contributed by atoms with Crippen molar-refractivity contribution in [3.05, 3.63) is 63.1 Å². The number of thioether (sulfide) groups is 1. The summed E-state index contributed by atoms with van der Waals surface area (Å²) in [6.45, 7) is -0.219. The summed E-state index contributed by atoms with van der Waals surface area (Å²) in [5.74, 6) is -0.126. The third kappa shape index (κ3) is 4.42. The average molecular weight is 419 g/mol. The fourth-order valence-corrected chi connectivity index (χ4v) is 3.67. The van der Waals surface area contributed by atoms with Crippen LogP contribution in [0.4, 0.5) is 5.69 Å². The number of halogens is 2. The Morgan fingerprint density at radius 2 is 2.07 bits per heavy atom. The van der Waals surface area contributed by atoms with Crippen LogP contribution in [-0.4, -0.2) is 21.2 Å². The quantitative estimate of drug-likeness (QED) is 0.633. The number of fused-ring (bicyclic) bond motifs is 1. The molecule has 1 N–H and O–H groups in total. The Labute approximate surface area is 168 Å². The molecule has 0 radical (unpaired) electrons. The highest BCUT2D eigenvalue weighted by atomic mass is 35.5. The number of carbonyl (C=O) groups is 1. The van der Waals surface area contributed by atoms with Crippen LogP contribution in [0.25, 0.3) is 10.9 Å². The third-order valence-electron chi connectivity index (χ3n) is 3.61. The summed E-state index contributed by atoms with van der Waals surface area (Å²) >= 11 is 13.3. The van der Waals surface area contributed by atoms with Crippen LogP contribution in [0.5, 0.6) is 0 Å². The van der Waals surface area contributed by atoms with Crippen LogP contribution in [0.3, 0.4) is 0 Å². The molecule has 0 aliphatic heterocycles. The molecule has 0 atom stereocenters. The minimum atomic E-state index is -0.410. The Kier molecular flexibility index (Phi) is 6.01. The molecule has 1 aromatic heterocycles. The van der Waals surface area contributed by atoms with Gasteiger partial charge in [0.2, 0.25) is 5.91 Å². The molecule has 0 unspecified atom stereocenters.